The van der Waals surface area contributed by atoms with Crippen molar-refractivity contribution in [2.75, 3.05) is 13.7 Å². The largest absolute Gasteiger partial charge is 0.497 e. The quantitative estimate of drug-likeness (QED) is 0.913. The number of hydrogen-bond donors (Lipinski definition) is 1. The molecule has 136 valence electrons. The van der Waals surface area contributed by atoms with Gasteiger partial charge in [-0.05, 0) is 50.3 Å². The lowest BCUT2D eigenvalue weighted by molar-refractivity contribution is 0.0729. The summed E-state index contributed by atoms with van der Waals surface area (Å²) in [6.45, 7) is 2.61. The zero-order valence-corrected chi connectivity index (χ0v) is 15.3. The zero-order chi connectivity index (χ0) is 18.3. The van der Waals surface area contributed by atoms with E-state index >= 15 is 0 Å². The number of aryl methyl sites for hydroxylation is 2. The van der Waals surface area contributed by atoms with E-state index in [0.29, 0.717) is 24.1 Å². The van der Waals surface area contributed by atoms with Gasteiger partial charge in [-0.1, -0.05) is 12.1 Å². The van der Waals surface area contributed by atoms with Crippen LogP contribution in [-0.2, 0) is 6.42 Å². The highest BCUT2D eigenvalue weighted by Crippen LogP contribution is 2.36. The van der Waals surface area contributed by atoms with Crippen LogP contribution >= 0.6 is 0 Å². The van der Waals surface area contributed by atoms with Gasteiger partial charge in [0.05, 0.1) is 24.3 Å². The second-order valence-electron chi connectivity index (χ2n) is 7.19. The van der Waals surface area contributed by atoms with E-state index in [1.54, 1.807) is 7.11 Å². The number of aromatic nitrogens is 1. The van der Waals surface area contributed by atoms with E-state index in [1.165, 1.54) is 0 Å². The second-order valence-corrected chi connectivity index (χ2v) is 7.19. The summed E-state index contributed by atoms with van der Waals surface area (Å²) < 4.78 is 5.34. The number of hydrogen-bond acceptors (Lipinski definition) is 3. The lowest BCUT2D eigenvalue weighted by Gasteiger charge is -2.26. The maximum Gasteiger partial charge on any atom is 0.256 e. The Kier molecular flexibility index (Phi) is 4.31. The minimum Gasteiger partial charge on any atom is -0.497 e. The minimum absolute atomic E-state index is 0.0273. The predicted molar refractivity (Wildman–Crippen MR) is 98.8 cm³/mol. The van der Waals surface area contributed by atoms with Crippen molar-refractivity contribution >= 4 is 11.7 Å². The Morgan fingerprint density at radius 3 is 2.92 bits per heavy atom. The van der Waals surface area contributed by atoms with E-state index < -0.39 is 0 Å². The van der Waals surface area contributed by atoms with Gasteiger partial charge in [-0.25, -0.2) is 0 Å². The number of carbonyl (C=O) groups excluding carboxylic acids is 2. The highest BCUT2D eigenvalue weighted by molar-refractivity contribution is 6.10. The topological polar surface area (TPSA) is 62.4 Å². The van der Waals surface area contributed by atoms with Crippen molar-refractivity contribution in [1.82, 2.24) is 9.88 Å². The van der Waals surface area contributed by atoms with Crippen molar-refractivity contribution in [3.8, 4) is 5.75 Å². The highest BCUT2D eigenvalue weighted by atomic mass is 16.5. The number of rotatable bonds is 3. The van der Waals surface area contributed by atoms with Gasteiger partial charge >= 0.3 is 0 Å². The molecular formula is C21H24N2O3. The normalized spacial score (nSPS) is 19.5. The van der Waals surface area contributed by atoms with Gasteiger partial charge in [-0.2, -0.15) is 0 Å². The number of fused-ring (bicyclic) bond motifs is 1. The van der Waals surface area contributed by atoms with Crippen LogP contribution in [0.25, 0.3) is 0 Å². The molecule has 2 heterocycles. The van der Waals surface area contributed by atoms with Crippen LogP contribution in [0, 0.1) is 6.92 Å². The standard InChI is InChI=1S/C21H24N2O3/c1-13-19(20-16(22-13)8-4-10-18(20)24)21(25)23-11-5-9-17(23)14-6-3-7-15(12-14)26-2/h3,6-7,12,17,22H,4-5,8-11H2,1-2H3/t17-/m1/s1. The third-order valence-electron chi connectivity index (χ3n) is 5.58. The molecule has 2 aliphatic rings. The number of Topliss-reactive ketones (excluding diaryl/α,β-unsaturated/α-hetero) is 1. The van der Waals surface area contributed by atoms with Crippen LogP contribution in [0.1, 0.15) is 69.4 Å². The highest BCUT2D eigenvalue weighted by Gasteiger charge is 2.36. The molecule has 1 amide bonds. The molecular weight excluding hydrogens is 328 g/mol. The number of nitrogens with zero attached hydrogens (tertiary/aromatic N) is 1. The maximum atomic E-state index is 13.4. The van der Waals surface area contributed by atoms with E-state index in [2.05, 4.69) is 4.98 Å². The monoisotopic (exact) mass is 352 g/mol. The van der Waals surface area contributed by atoms with Gasteiger partial charge in [0.25, 0.3) is 5.91 Å². The summed E-state index contributed by atoms with van der Waals surface area (Å²) in [6, 6.07) is 7.95. The minimum atomic E-state index is -0.0273. The van der Waals surface area contributed by atoms with Gasteiger partial charge in [0.1, 0.15) is 5.75 Å². The van der Waals surface area contributed by atoms with E-state index in [9.17, 15) is 9.59 Å². The third kappa shape index (κ3) is 2.71. The number of benzene rings is 1. The van der Waals surface area contributed by atoms with Gasteiger partial charge in [0.15, 0.2) is 5.78 Å². The first-order chi connectivity index (χ1) is 12.6. The number of ether oxygens (including phenoxy) is 1. The fourth-order valence-electron chi connectivity index (χ4n) is 4.35. The van der Waals surface area contributed by atoms with Crippen LogP contribution in [0.4, 0.5) is 0 Å². The molecule has 1 N–H and O–H groups in total. The Hall–Kier alpha value is -2.56. The molecule has 5 nitrogen and oxygen atoms in total. The summed E-state index contributed by atoms with van der Waals surface area (Å²) in [5, 5.41) is 0. The summed E-state index contributed by atoms with van der Waals surface area (Å²) >= 11 is 0. The lowest BCUT2D eigenvalue weighted by Crippen LogP contribution is -2.32. The van der Waals surface area contributed by atoms with Crippen molar-refractivity contribution < 1.29 is 14.3 Å². The molecule has 26 heavy (non-hydrogen) atoms. The van der Waals surface area contributed by atoms with Crippen LogP contribution in [-0.4, -0.2) is 35.2 Å². The van der Waals surface area contributed by atoms with Gasteiger partial charge in [-0.3, -0.25) is 9.59 Å². The van der Waals surface area contributed by atoms with Crippen LogP contribution in [0.3, 0.4) is 0 Å². The molecule has 0 saturated carbocycles. The maximum absolute atomic E-state index is 13.4. The molecule has 1 aliphatic carbocycles. The van der Waals surface area contributed by atoms with E-state index in [4.69, 9.17) is 4.74 Å². The summed E-state index contributed by atoms with van der Waals surface area (Å²) in [7, 11) is 1.65. The molecule has 1 saturated heterocycles. The molecule has 1 aromatic carbocycles. The first-order valence-electron chi connectivity index (χ1n) is 9.29. The van der Waals surface area contributed by atoms with Crippen LogP contribution in [0.2, 0.25) is 0 Å². The first kappa shape index (κ1) is 16.9. The summed E-state index contributed by atoms with van der Waals surface area (Å²) in [5.74, 6) is 0.865. The Labute approximate surface area is 153 Å². The number of ketones is 1. The average Bonchev–Trinajstić information content (AvgIpc) is 3.26. The number of methoxy groups -OCH3 is 1. The number of likely N-dealkylation sites (tertiary alicyclic amines) is 1. The number of nitrogens with one attached hydrogen (secondary N) is 1. The molecule has 4 rings (SSSR count). The van der Waals surface area contributed by atoms with E-state index in [-0.39, 0.29) is 17.7 Å². The molecule has 0 spiro atoms. The molecule has 1 atom stereocenters. The molecule has 1 fully saturated rings. The Morgan fingerprint density at radius 2 is 2.12 bits per heavy atom. The molecule has 5 heteroatoms. The lowest BCUT2D eigenvalue weighted by atomic mass is 9.92. The van der Waals surface area contributed by atoms with Gasteiger partial charge < -0.3 is 14.6 Å². The van der Waals surface area contributed by atoms with Crippen LogP contribution in [0.5, 0.6) is 5.75 Å². The number of carbonyl (C=O) groups is 2. The number of H-pyrrole nitrogens is 1. The van der Waals surface area contributed by atoms with Crippen molar-refractivity contribution in [3.05, 3.63) is 52.3 Å². The molecule has 0 unspecified atom stereocenters. The van der Waals surface area contributed by atoms with Crippen molar-refractivity contribution in [1.29, 1.82) is 0 Å². The van der Waals surface area contributed by atoms with Gasteiger partial charge in [0, 0.05) is 24.4 Å². The smallest absolute Gasteiger partial charge is 0.256 e. The van der Waals surface area contributed by atoms with Crippen LogP contribution < -0.4 is 4.74 Å². The second kappa shape index (κ2) is 6.63. The SMILES string of the molecule is COc1cccc([C@H]2CCCN2C(=O)c2c(C)[nH]c3c2C(=O)CCC3)c1. The Bertz CT molecular complexity index is 868. The van der Waals surface area contributed by atoms with Gasteiger partial charge in [0.2, 0.25) is 0 Å². The average molecular weight is 352 g/mol. The molecule has 1 aliphatic heterocycles. The molecule has 1 aromatic heterocycles. The third-order valence-corrected chi connectivity index (χ3v) is 5.58. The van der Waals surface area contributed by atoms with E-state index in [0.717, 1.165) is 48.4 Å². The fraction of sp³-hybridized carbons (Fsp3) is 0.429. The Balaban J connectivity index is 1.70. The van der Waals surface area contributed by atoms with E-state index in [1.807, 2.05) is 36.1 Å². The van der Waals surface area contributed by atoms with Gasteiger partial charge in [-0.15, -0.1) is 0 Å². The number of amides is 1. The molecule has 2 aromatic rings. The van der Waals surface area contributed by atoms with Crippen molar-refractivity contribution in [3.63, 3.8) is 0 Å². The fourth-order valence-corrected chi connectivity index (χ4v) is 4.35. The Morgan fingerprint density at radius 1 is 1.27 bits per heavy atom. The molecule has 0 radical (unpaired) electrons. The van der Waals surface area contributed by atoms with Crippen LogP contribution in [0.15, 0.2) is 24.3 Å². The zero-order valence-electron chi connectivity index (χ0n) is 15.3. The summed E-state index contributed by atoms with van der Waals surface area (Å²) in [4.78, 5) is 31.1. The summed E-state index contributed by atoms with van der Waals surface area (Å²) in [5.41, 5.74) is 4.05. The molecule has 0 bridgehead atoms. The summed E-state index contributed by atoms with van der Waals surface area (Å²) in [6.07, 6.45) is 4.12. The van der Waals surface area contributed by atoms with Crippen molar-refractivity contribution in [2.24, 2.45) is 0 Å². The predicted octanol–water partition coefficient (Wildman–Crippen LogP) is 3.83. The van der Waals surface area contributed by atoms with Crippen molar-refractivity contribution in [2.45, 2.75) is 45.1 Å². The first-order valence-corrected chi connectivity index (χ1v) is 9.29. The number of aromatic amines is 1.